The molecule has 1 N–H and O–H groups in total. The van der Waals surface area contributed by atoms with Gasteiger partial charge in [-0.25, -0.2) is 0 Å². The van der Waals surface area contributed by atoms with Gasteiger partial charge in [0, 0.05) is 40.9 Å². The van der Waals surface area contributed by atoms with E-state index >= 15 is 0 Å². The van der Waals surface area contributed by atoms with E-state index < -0.39 is 0 Å². The van der Waals surface area contributed by atoms with Crippen molar-refractivity contribution in [3.8, 4) is 0 Å². The molecule has 0 fully saturated rings. The van der Waals surface area contributed by atoms with Crippen LogP contribution in [-0.4, -0.2) is 14.1 Å². The Balaban J connectivity index is 2.25. The molecule has 0 aliphatic heterocycles. The predicted octanol–water partition coefficient (Wildman–Crippen LogP) is 4.46. The minimum atomic E-state index is 0.762. The molecule has 0 radical (unpaired) electrons. The van der Waals surface area contributed by atoms with Crippen LogP contribution < -0.4 is 10.2 Å². The first-order valence-corrected chi connectivity index (χ1v) is 7.66. The molecule has 0 aliphatic rings. The lowest BCUT2D eigenvalue weighted by Crippen LogP contribution is -2.19. The van der Waals surface area contributed by atoms with Gasteiger partial charge in [-0.1, -0.05) is 45.7 Å². The van der Waals surface area contributed by atoms with Crippen molar-refractivity contribution in [3.63, 3.8) is 0 Å². The normalized spacial score (nSPS) is 10.6. The molecule has 0 bridgehead atoms. The first kappa shape index (κ1) is 15.4. The van der Waals surface area contributed by atoms with Crippen molar-refractivity contribution in [2.24, 2.45) is 0 Å². The van der Waals surface area contributed by atoms with Gasteiger partial charge in [0.1, 0.15) is 0 Å². The second-order valence-corrected chi connectivity index (χ2v) is 6.08. The highest BCUT2D eigenvalue weighted by molar-refractivity contribution is 9.10. The van der Waals surface area contributed by atoms with Gasteiger partial charge < -0.3 is 10.2 Å². The maximum Gasteiger partial charge on any atom is 0.0471 e. The Morgan fingerprint density at radius 2 is 1.95 bits per heavy atom. The van der Waals surface area contributed by atoms with Gasteiger partial charge in [0.25, 0.3) is 0 Å². The lowest BCUT2D eigenvalue weighted by atomic mass is 10.1. The van der Waals surface area contributed by atoms with Gasteiger partial charge in [-0.3, -0.25) is 0 Å². The third kappa shape index (κ3) is 3.75. The minimum absolute atomic E-state index is 0.762. The Hall–Kier alpha value is -1.03. The Morgan fingerprint density at radius 3 is 2.65 bits per heavy atom. The average Bonchev–Trinajstić information content (AvgIpc) is 2.41. The van der Waals surface area contributed by atoms with E-state index in [-0.39, 0.29) is 0 Å². The summed E-state index contributed by atoms with van der Waals surface area (Å²) in [5, 5.41) is 3.98. The zero-order chi connectivity index (χ0) is 14.5. The number of hydrogen-bond donors (Lipinski definition) is 1. The molecule has 106 valence electrons. The van der Waals surface area contributed by atoms with E-state index in [0.717, 1.165) is 33.8 Å². The molecule has 2 rings (SSSR count). The number of rotatable bonds is 5. The summed E-state index contributed by atoms with van der Waals surface area (Å²) in [6, 6.07) is 14.4. The average molecular weight is 354 g/mol. The van der Waals surface area contributed by atoms with Crippen molar-refractivity contribution in [3.05, 3.63) is 63.1 Å². The Labute approximate surface area is 133 Å². The van der Waals surface area contributed by atoms with E-state index in [4.69, 9.17) is 11.6 Å². The van der Waals surface area contributed by atoms with Crippen LogP contribution in [0.5, 0.6) is 0 Å². The summed E-state index contributed by atoms with van der Waals surface area (Å²) in [4.78, 5) is 2.22. The Bertz CT molecular complexity index is 586. The summed E-state index contributed by atoms with van der Waals surface area (Å²) in [6.45, 7) is 1.61. The Morgan fingerprint density at radius 1 is 1.20 bits per heavy atom. The molecular weight excluding hydrogens is 336 g/mol. The Kier molecular flexibility index (Phi) is 5.46. The number of halogens is 2. The molecule has 2 nitrogen and oxygen atoms in total. The van der Waals surface area contributed by atoms with Crippen LogP contribution in [0.4, 0.5) is 5.69 Å². The second kappa shape index (κ2) is 7.11. The first-order valence-electron chi connectivity index (χ1n) is 6.49. The fourth-order valence-electron chi connectivity index (χ4n) is 2.25. The molecular formula is C16H18BrClN2. The third-order valence-corrected chi connectivity index (χ3v) is 4.02. The molecule has 20 heavy (non-hydrogen) atoms. The minimum Gasteiger partial charge on any atom is -0.370 e. The smallest absolute Gasteiger partial charge is 0.0471 e. The topological polar surface area (TPSA) is 15.3 Å². The van der Waals surface area contributed by atoms with Crippen LogP contribution in [-0.2, 0) is 13.1 Å². The van der Waals surface area contributed by atoms with Crippen LogP contribution in [0.25, 0.3) is 0 Å². The maximum atomic E-state index is 6.31. The fraction of sp³-hybridized carbons (Fsp3) is 0.250. The molecule has 4 heteroatoms. The molecule has 2 aromatic carbocycles. The highest BCUT2D eigenvalue weighted by Gasteiger charge is 2.10. The number of nitrogens with zero attached hydrogens (tertiary/aromatic N) is 1. The molecule has 0 atom stereocenters. The zero-order valence-electron chi connectivity index (χ0n) is 11.7. The summed E-state index contributed by atoms with van der Waals surface area (Å²) in [7, 11) is 4.02. The van der Waals surface area contributed by atoms with E-state index in [1.807, 2.05) is 25.2 Å². The predicted molar refractivity (Wildman–Crippen MR) is 90.5 cm³/mol. The SMILES string of the molecule is CNCc1c(Cl)cccc1N(C)Cc1cccc(Br)c1. The lowest BCUT2D eigenvalue weighted by Gasteiger charge is -2.23. The standard InChI is InChI=1S/C16H18BrClN2/c1-19-10-14-15(18)7-4-8-16(14)20(2)11-12-5-3-6-13(17)9-12/h3-9,19H,10-11H2,1-2H3. The van der Waals surface area contributed by atoms with E-state index in [0.29, 0.717) is 0 Å². The summed E-state index contributed by atoms with van der Waals surface area (Å²) < 4.78 is 1.10. The highest BCUT2D eigenvalue weighted by Crippen LogP contribution is 2.28. The number of anilines is 1. The van der Waals surface area contributed by atoms with E-state index in [1.54, 1.807) is 0 Å². The highest BCUT2D eigenvalue weighted by atomic mass is 79.9. The monoisotopic (exact) mass is 352 g/mol. The van der Waals surface area contributed by atoms with Crippen molar-refractivity contribution in [1.82, 2.24) is 5.32 Å². The van der Waals surface area contributed by atoms with E-state index in [2.05, 4.69) is 57.5 Å². The lowest BCUT2D eigenvalue weighted by molar-refractivity contribution is 0.805. The van der Waals surface area contributed by atoms with Crippen molar-refractivity contribution in [1.29, 1.82) is 0 Å². The van der Waals surface area contributed by atoms with Crippen LogP contribution in [0.15, 0.2) is 46.9 Å². The molecule has 0 aromatic heterocycles. The quantitative estimate of drug-likeness (QED) is 0.854. The van der Waals surface area contributed by atoms with Gasteiger partial charge in [0.2, 0.25) is 0 Å². The molecule has 0 aliphatic carbocycles. The summed E-state index contributed by atoms with van der Waals surface area (Å²) in [6.07, 6.45) is 0. The second-order valence-electron chi connectivity index (χ2n) is 4.75. The van der Waals surface area contributed by atoms with Gasteiger partial charge in [-0.05, 0) is 36.9 Å². The summed E-state index contributed by atoms with van der Waals surface area (Å²) in [5.41, 5.74) is 3.55. The van der Waals surface area contributed by atoms with Crippen LogP contribution in [0.3, 0.4) is 0 Å². The van der Waals surface area contributed by atoms with Gasteiger partial charge in [-0.15, -0.1) is 0 Å². The largest absolute Gasteiger partial charge is 0.370 e. The molecule has 0 amide bonds. The van der Waals surface area contributed by atoms with Crippen molar-refractivity contribution in [2.75, 3.05) is 19.0 Å². The van der Waals surface area contributed by atoms with Gasteiger partial charge in [0.05, 0.1) is 0 Å². The summed E-state index contributed by atoms with van der Waals surface area (Å²) in [5.74, 6) is 0. The molecule has 0 spiro atoms. The molecule has 2 aromatic rings. The van der Waals surface area contributed by atoms with Crippen LogP contribution >= 0.6 is 27.5 Å². The van der Waals surface area contributed by atoms with Crippen LogP contribution in [0.2, 0.25) is 5.02 Å². The molecule has 0 saturated carbocycles. The zero-order valence-corrected chi connectivity index (χ0v) is 14.0. The number of hydrogen-bond acceptors (Lipinski definition) is 2. The molecule has 0 unspecified atom stereocenters. The number of nitrogens with one attached hydrogen (secondary N) is 1. The maximum absolute atomic E-state index is 6.31. The molecule has 0 saturated heterocycles. The van der Waals surface area contributed by atoms with Crippen molar-refractivity contribution >= 4 is 33.2 Å². The van der Waals surface area contributed by atoms with Crippen molar-refractivity contribution < 1.29 is 0 Å². The first-order chi connectivity index (χ1) is 9.61. The van der Waals surface area contributed by atoms with Crippen LogP contribution in [0.1, 0.15) is 11.1 Å². The number of benzene rings is 2. The fourth-order valence-corrected chi connectivity index (χ4v) is 2.93. The van der Waals surface area contributed by atoms with E-state index in [1.165, 1.54) is 5.56 Å². The van der Waals surface area contributed by atoms with Crippen LogP contribution in [0, 0.1) is 0 Å². The van der Waals surface area contributed by atoms with Gasteiger partial charge in [-0.2, -0.15) is 0 Å². The summed E-state index contributed by atoms with van der Waals surface area (Å²) >= 11 is 9.82. The third-order valence-electron chi connectivity index (χ3n) is 3.17. The van der Waals surface area contributed by atoms with Gasteiger partial charge >= 0.3 is 0 Å². The molecule has 0 heterocycles. The van der Waals surface area contributed by atoms with Crippen molar-refractivity contribution in [2.45, 2.75) is 13.1 Å². The van der Waals surface area contributed by atoms with E-state index in [9.17, 15) is 0 Å². The van der Waals surface area contributed by atoms with Gasteiger partial charge in [0.15, 0.2) is 0 Å².